The van der Waals surface area contributed by atoms with Gasteiger partial charge in [0.2, 0.25) is 10.0 Å². The van der Waals surface area contributed by atoms with Crippen LogP contribution in [0.3, 0.4) is 0 Å². The summed E-state index contributed by atoms with van der Waals surface area (Å²) in [6.07, 6.45) is 5.51. The zero-order valence-electron chi connectivity index (χ0n) is 16.0. The van der Waals surface area contributed by atoms with Crippen LogP contribution in [0.2, 0.25) is 0 Å². The summed E-state index contributed by atoms with van der Waals surface area (Å²) in [6, 6.07) is 0.239. The molecule has 148 valence electrons. The Labute approximate surface area is 159 Å². The quantitative estimate of drug-likeness (QED) is 0.792. The summed E-state index contributed by atoms with van der Waals surface area (Å²) in [6.45, 7) is 7.09. The lowest BCUT2D eigenvalue weighted by molar-refractivity contribution is 0.0982. The molecule has 27 heavy (non-hydrogen) atoms. The summed E-state index contributed by atoms with van der Waals surface area (Å²) >= 11 is 0. The molecule has 0 radical (unpaired) electrons. The highest BCUT2D eigenvalue weighted by Crippen LogP contribution is 2.35. The maximum atomic E-state index is 13.0. The molecule has 2 aromatic rings. The Kier molecular flexibility index (Phi) is 4.85. The zero-order chi connectivity index (χ0) is 19.2. The van der Waals surface area contributed by atoms with E-state index in [9.17, 15) is 8.42 Å². The maximum Gasteiger partial charge on any atom is 0.248 e. The number of ether oxygens (including phenoxy) is 1. The highest BCUT2D eigenvalue weighted by Gasteiger charge is 2.35. The Morgan fingerprint density at radius 2 is 1.89 bits per heavy atom. The third-order valence-electron chi connectivity index (χ3n) is 5.58. The van der Waals surface area contributed by atoms with E-state index in [-0.39, 0.29) is 17.0 Å². The van der Waals surface area contributed by atoms with E-state index >= 15 is 0 Å². The van der Waals surface area contributed by atoms with Crippen LogP contribution in [0.5, 0.6) is 0 Å². The normalized spacial score (nSPS) is 22.6. The number of aryl methyl sites for hydroxylation is 3. The molecule has 1 unspecified atom stereocenters. The molecule has 4 rings (SSSR count). The summed E-state index contributed by atoms with van der Waals surface area (Å²) < 4.78 is 40.7. The minimum Gasteiger partial charge on any atom is -0.370 e. The average molecular weight is 394 g/mol. The first-order valence-electron chi connectivity index (χ1n) is 9.48. The van der Waals surface area contributed by atoms with Crippen LogP contribution < -0.4 is 0 Å². The molecule has 0 aliphatic carbocycles. The molecule has 2 saturated heterocycles. The third kappa shape index (κ3) is 3.21. The van der Waals surface area contributed by atoms with Crippen LogP contribution in [-0.4, -0.2) is 47.1 Å². The van der Waals surface area contributed by atoms with Crippen LogP contribution in [0.4, 0.5) is 0 Å². The summed E-state index contributed by atoms with van der Waals surface area (Å²) in [4.78, 5) is 4.80. The van der Waals surface area contributed by atoms with E-state index in [1.54, 1.807) is 18.2 Å². The van der Waals surface area contributed by atoms with Gasteiger partial charge in [0.25, 0.3) is 0 Å². The van der Waals surface area contributed by atoms with Gasteiger partial charge in [0.05, 0.1) is 0 Å². The summed E-state index contributed by atoms with van der Waals surface area (Å²) in [5, 5.41) is 3.79. The molecule has 0 spiro atoms. The van der Waals surface area contributed by atoms with Crippen molar-refractivity contribution in [2.24, 2.45) is 0 Å². The van der Waals surface area contributed by atoms with E-state index in [0.717, 1.165) is 43.8 Å². The Balaban J connectivity index is 1.52. The van der Waals surface area contributed by atoms with Crippen molar-refractivity contribution in [2.75, 3.05) is 19.7 Å². The van der Waals surface area contributed by atoms with E-state index in [1.165, 1.54) is 0 Å². The number of imidazole rings is 1. The fourth-order valence-electron chi connectivity index (χ4n) is 4.27. The second-order valence-electron chi connectivity index (χ2n) is 7.42. The number of rotatable bonds is 4. The highest BCUT2D eigenvalue weighted by atomic mass is 32.2. The SMILES string of the molecule is Cc1noc(C)c1S(=O)(=O)N1CCC(n2c(C)cnc2C2CCCO2)CC1. The topological polar surface area (TPSA) is 90.5 Å². The average Bonchev–Trinajstić information content (AvgIpc) is 3.36. The second kappa shape index (κ2) is 7.03. The van der Waals surface area contributed by atoms with Gasteiger partial charge in [0, 0.05) is 37.6 Å². The number of nitrogens with zero attached hydrogens (tertiary/aromatic N) is 4. The molecule has 0 amide bonds. The molecule has 0 N–H and O–H groups in total. The van der Waals surface area contributed by atoms with Crippen molar-refractivity contribution in [1.29, 1.82) is 0 Å². The molecule has 0 aromatic carbocycles. The predicted octanol–water partition coefficient (Wildman–Crippen LogP) is 2.67. The molecule has 8 nitrogen and oxygen atoms in total. The smallest absolute Gasteiger partial charge is 0.248 e. The van der Waals surface area contributed by atoms with Crippen LogP contribution in [0, 0.1) is 20.8 Å². The lowest BCUT2D eigenvalue weighted by Gasteiger charge is -2.33. The molecular formula is C18H26N4O4S. The summed E-state index contributed by atoms with van der Waals surface area (Å²) in [7, 11) is -3.58. The van der Waals surface area contributed by atoms with E-state index in [4.69, 9.17) is 9.26 Å². The van der Waals surface area contributed by atoms with Gasteiger partial charge in [-0.25, -0.2) is 13.4 Å². The molecule has 1 atom stereocenters. The maximum absolute atomic E-state index is 13.0. The van der Waals surface area contributed by atoms with Gasteiger partial charge in [-0.3, -0.25) is 0 Å². The largest absolute Gasteiger partial charge is 0.370 e. The fourth-order valence-corrected chi connectivity index (χ4v) is 6.03. The van der Waals surface area contributed by atoms with Gasteiger partial charge in [0.15, 0.2) is 5.76 Å². The predicted molar refractivity (Wildman–Crippen MR) is 97.9 cm³/mol. The van der Waals surface area contributed by atoms with Crippen LogP contribution in [0.25, 0.3) is 0 Å². The van der Waals surface area contributed by atoms with Gasteiger partial charge in [0.1, 0.15) is 22.5 Å². The van der Waals surface area contributed by atoms with Gasteiger partial charge >= 0.3 is 0 Å². The van der Waals surface area contributed by atoms with E-state index < -0.39 is 10.0 Å². The molecule has 2 fully saturated rings. The van der Waals surface area contributed by atoms with Crippen LogP contribution in [0.1, 0.15) is 60.8 Å². The van der Waals surface area contributed by atoms with Crippen molar-refractivity contribution in [1.82, 2.24) is 19.0 Å². The third-order valence-corrected chi connectivity index (χ3v) is 7.73. The van der Waals surface area contributed by atoms with Crippen LogP contribution in [-0.2, 0) is 14.8 Å². The number of hydrogen-bond donors (Lipinski definition) is 0. The van der Waals surface area contributed by atoms with Crippen molar-refractivity contribution < 1.29 is 17.7 Å². The van der Waals surface area contributed by atoms with Crippen molar-refractivity contribution in [3.05, 3.63) is 29.2 Å². The van der Waals surface area contributed by atoms with Gasteiger partial charge < -0.3 is 13.8 Å². The molecule has 2 aliphatic heterocycles. The second-order valence-corrected chi connectivity index (χ2v) is 9.29. The number of hydrogen-bond acceptors (Lipinski definition) is 6. The van der Waals surface area contributed by atoms with Crippen molar-refractivity contribution >= 4 is 10.0 Å². The van der Waals surface area contributed by atoms with Crippen LogP contribution >= 0.6 is 0 Å². The fraction of sp³-hybridized carbons (Fsp3) is 0.667. The molecule has 9 heteroatoms. The Bertz CT molecular complexity index is 900. The van der Waals surface area contributed by atoms with Gasteiger partial charge in [-0.15, -0.1) is 0 Å². The minimum atomic E-state index is -3.58. The molecule has 4 heterocycles. The Morgan fingerprint density at radius 3 is 2.48 bits per heavy atom. The molecule has 2 aliphatic rings. The Hall–Kier alpha value is -1.71. The lowest BCUT2D eigenvalue weighted by Crippen LogP contribution is -2.39. The molecule has 2 aromatic heterocycles. The first kappa shape index (κ1) is 18.6. The van der Waals surface area contributed by atoms with E-state index in [2.05, 4.69) is 21.6 Å². The number of aromatic nitrogens is 3. The lowest BCUT2D eigenvalue weighted by atomic mass is 10.1. The summed E-state index contributed by atoms with van der Waals surface area (Å²) in [5.41, 5.74) is 1.52. The Morgan fingerprint density at radius 1 is 1.15 bits per heavy atom. The van der Waals surface area contributed by atoms with Crippen molar-refractivity contribution in [2.45, 2.75) is 63.5 Å². The molecule has 0 saturated carbocycles. The van der Waals surface area contributed by atoms with Crippen molar-refractivity contribution in [3.8, 4) is 0 Å². The number of sulfonamides is 1. The van der Waals surface area contributed by atoms with Crippen LogP contribution in [0.15, 0.2) is 15.6 Å². The number of piperidine rings is 1. The first-order valence-corrected chi connectivity index (χ1v) is 10.9. The van der Waals surface area contributed by atoms with Crippen molar-refractivity contribution in [3.63, 3.8) is 0 Å². The van der Waals surface area contributed by atoms with E-state index in [1.807, 2.05) is 6.20 Å². The molecule has 0 bridgehead atoms. The van der Waals surface area contributed by atoms with Gasteiger partial charge in [-0.1, -0.05) is 5.16 Å². The first-order chi connectivity index (χ1) is 12.9. The van der Waals surface area contributed by atoms with E-state index in [0.29, 0.717) is 24.5 Å². The molecular weight excluding hydrogens is 368 g/mol. The van der Waals surface area contributed by atoms with Gasteiger partial charge in [-0.05, 0) is 46.5 Å². The monoisotopic (exact) mass is 394 g/mol. The van der Waals surface area contributed by atoms with Gasteiger partial charge in [-0.2, -0.15) is 4.31 Å². The minimum absolute atomic E-state index is 0.0581. The standard InChI is InChI=1S/C18H26N4O4S/c1-12-11-19-18(16-5-4-10-25-16)22(12)15-6-8-21(9-7-15)27(23,24)17-13(2)20-26-14(17)3/h11,15-16H,4-10H2,1-3H3. The zero-order valence-corrected chi connectivity index (χ0v) is 16.8. The highest BCUT2D eigenvalue weighted by molar-refractivity contribution is 7.89. The summed E-state index contributed by atoms with van der Waals surface area (Å²) in [5.74, 6) is 1.33.